The van der Waals surface area contributed by atoms with Crippen molar-refractivity contribution in [3.63, 3.8) is 0 Å². The van der Waals surface area contributed by atoms with Gasteiger partial charge in [0.2, 0.25) is 17.7 Å². The van der Waals surface area contributed by atoms with Crippen molar-refractivity contribution in [1.29, 1.82) is 0 Å². The van der Waals surface area contributed by atoms with Gasteiger partial charge in [-0.3, -0.25) is 9.59 Å². The van der Waals surface area contributed by atoms with Crippen LogP contribution in [-0.2, 0) is 21.5 Å². The summed E-state index contributed by atoms with van der Waals surface area (Å²) in [6.45, 7) is 2.35. The first-order chi connectivity index (χ1) is 15.0. The molecule has 5 rings (SSSR count). The van der Waals surface area contributed by atoms with Gasteiger partial charge in [0.15, 0.2) is 11.5 Å². The number of aromatic nitrogens is 5. The maximum atomic E-state index is 14.0. The van der Waals surface area contributed by atoms with E-state index in [1.165, 1.54) is 10.7 Å². The molecular formula is C20H18F3N7O2. The molecule has 32 heavy (non-hydrogen) atoms. The fourth-order valence-corrected chi connectivity index (χ4v) is 4.08. The molecule has 0 saturated carbocycles. The number of aryl methyl sites for hydroxylation is 1. The van der Waals surface area contributed by atoms with Gasteiger partial charge >= 0.3 is 0 Å². The molecule has 2 aliphatic rings. The van der Waals surface area contributed by atoms with E-state index in [0.29, 0.717) is 12.0 Å². The molecule has 2 aliphatic heterocycles. The molecule has 12 heteroatoms. The van der Waals surface area contributed by atoms with Crippen LogP contribution in [0.4, 0.5) is 24.8 Å². The highest BCUT2D eigenvalue weighted by Gasteiger charge is 2.48. The monoisotopic (exact) mass is 445 g/mol. The zero-order chi connectivity index (χ0) is 22.8. The van der Waals surface area contributed by atoms with Gasteiger partial charge in [0.25, 0.3) is 0 Å². The number of hydrogen-bond acceptors (Lipinski definition) is 6. The van der Waals surface area contributed by atoms with Crippen LogP contribution >= 0.6 is 0 Å². The lowest BCUT2D eigenvalue weighted by Crippen LogP contribution is -2.30. The third-order valence-corrected chi connectivity index (χ3v) is 5.83. The normalized spacial score (nSPS) is 20.2. The zero-order valence-corrected chi connectivity index (χ0v) is 17.2. The fourth-order valence-electron chi connectivity index (χ4n) is 4.08. The SMILES string of the molecule is CC(F)(F)CCn1nc(-c2nc3c4c(n2)NC(=O)[C@@]4(C)CCC(=O)N3)c2cc(F)cnc21. The summed E-state index contributed by atoms with van der Waals surface area (Å²) in [6.07, 6.45) is 0.902. The summed E-state index contributed by atoms with van der Waals surface area (Å²) in [5.41, 5.74) is -0.189. The Morgan fingerprint density at radius 1 is 1.22 bits per heavy atom. The first-order valence-electron chi connectivity index (χ1n) is 9.99. The van der Waals surface area contributed by atoms with Crippen molar-refractivity contribution in [3.05, 3.63) is 23.6 Å². The van der Waals surface area contributed by atoms with Crippen molar-refractivity contribution in [2.45, 2.75) is 51.0 Å². The Kier molecular flexibility index (Phi) is 4.27. The van der Waals surface area contributed by atoms with E-state index in [1.54, 1.807) is 6.92 Å². The Morgan fingerprint density at radius 2 is 1.94 bits per heavy atom. The van der Waals surface area contributed by atoms with Crippen LogP contribution in [-0.4, -0.2) is 42.5 Å². The standard InChI is InChI=1S/C20H18F3N7O2/c1-19-4-3-11(31)25-14-12(19)15(28-18(19)32)27-16(26-14)13-10-7-9(21)8-24-17(10)30(29-13)6-5-20(2,22)23/h7-8H,3-6H2,1-2H3,(H2,25,26,27,28,31,32)/t19-/m0/s1. The second-order valence-corrected chi connectivity index (χ2v) is 8.37. The number of pyridine rings is 1. The highest BCUT2D eigenvalue weighted by molar-refractivity contribution is 6.09. The highest BCUT2D eigenvalue weighted by Crippen LogP contribution is 2.46. The molecule has 1 atom stereocenters. The first-order valence-corrected chi connectivity index (χ1v) is 9.99. The van der Waals surface area contributed by atoms with Crippen LogP contribution in [0.3, 0.4) is 0 Å². The molecule has 0 spiro atoms. The van der Waals surface area contributed by atoms with Gasteiger partial charge in [-0.2, -0.15) is 5.10 Å². The van der Waals surface area contributed by atoms with Gasteiger partial charge in [0, 0.05) is 19.4 Å². The van der Waals surface area contributed by atoms with E-state index in [4.69, 9.17) is 0 Å². The van der Waals surface area contributed by atoms with Gasteiger partial charge in [0.05, 0.1) is 22.6 Å². The predicted molar refractivity (Wildman–Crippen MR) is 108 cm³/mol. The second-order valence-electron chi connectivity index (χ2n) is 8.37. The van der Waals surface area contributed by atoms with Crippen molar-refractivity contribution in [2.75, 3.05) is 10.6 Å². The van der Waals surface area contributed by atoms with Gasteiger partial charge in [-0.15, -0.1) is 0 Å². The third-order valence-electron chi connectivity index (χ3n) is 5.83. The van der Waals surface area contributed by atoms with Crippen molar-refractivity contribution in [1.82, 2.24) is 24.7 Å². The fraction of sp³-hybridized carbons (Fsp3) is 0.400. The van der Waals surface area contributed by atoms with Gasteiger partial charge in [-0.1, -0.05) is 0 Å². The van der Waals surface area contributed by atoms with Crippen LogP contribution < -0.4 is 10.6 Å². The van der Waals surface area contributed by atoms with Crippen LogP contribution in [0.1, 0.15) is 38.7 Å². The minimum Gasteiger partial charge on any atom is -0.310 e. The summed E-state index contributed by atoms with van der Waals surface area (Å²) in [5.74, 6) is -3.77. The highest BCUT2D eigenvalue weighted by atomic mass is 19.3. The summed E-state index contributed by atoms with van der Waals surface area (Å²) in [6, 6.07) is 1.17. The summed E-state index contributed by atoms with van der Waals surface area (Å²) < 4.78 is 42.1. The van der Waals surface area contributed by atoms with Crippen LogP contribution in [0.2, 0.25) is 0 Å². The quantitative estimate of drug-likeness (QED) is 0.638. The first kappa shape index (κ1) is 20.3. The number of hydrogen-bond donors (Lipinski definition) is 2. The lowest BCUT2D eigenvalue weighted by Gasteiger charge is -2.19. The predicted octanol–water partition coefficient (Wildman–Crippen LogP) is 3.01. The van der Waals surface area contributed by atoms with Gasteiger partial charge in [0.1, 0.15) is 23.1 Å². The molecule has 3 aromatic rings. The minimum atomic E-state index is -2.93. The van der Waals surface area contributed by atoms with E-state index in [2.05, 4.69) is 30.7 Å². The Labute approximate surface area is 179 Å². The maximum Gasteiger partial charge on any atom is 0.247 e. The van der Waals surface area contributed by atoms with E-state index in [1.807, 2.05) is 0 Å². The van der Waals surface area contributed by atoms with E-state index >= 15 is 0 Å². The number of halogens is 3. The van der Waals surface area contributed by atoms with Crippen molar-refractivity contribution < 1.29 is 22.8 Å². The molecule has 0 saturated heterocycles. The van der Waals surface area contributed by atoms with E-state index in [9.17, 15) is 22.8 Å². The molecule has 2 N–H and O–H groups in total. The largest absolute Gasteiger partial charge is 0.310 e. The number of fused-ring (bicyclic) bond motifs is 1. The molecule has 2 amide bonds. The smallest absolute Gasteiger partial charge is 0.247 e. The van der Waals surface area contributed by atoms with Crippen molar-refractivity contribution in [2.24, 2.45) is 0 Å². The van der Waals surface area contributed by atoms with Gasteiger partial charge in [-0.05, 0) is 26.3 Å². The number of carbonyl (C=O) groups excluding carboxylic acids is 2. The number of carbonyl (C=O) groups is 2. The van der Waals surface area contributed by atoms with Gasteiger partial charge < -0.3 is 10.6 Å². The average molecular weight is 445 g/mol. The topological polar surface area (TPSA) is 115 Å². The van der Waals surface area contributed by atoms with E-state index in [-0.39, 0.29) is 59.0 Å². The number of nitrogens with one attached hydrogen (secondary N) is 2. The van der Waals surface area contributed by atoms with Crippen LogP contribution in [0.15, 0.2) is 12.3 Å². The number of nitrogens with zero attached hydrogens (tertiary/aromatic N) is 5. The van der Waals surface area contributed by atoms with Crippen molar-refractivity contribution >= 4 is 34.5 Å². The number of rotatable bonds is 4. The van der Waals surface area contributed by atoms with Crippen LogP contribution in [0.5, 0.6) is 0 Å². The number of alkyl halides is 2. The van der Waals surface area contributed by atoms with E-state index in [0.717, 1.165) is 13.1 Å². The minimum absolute atomic E-state index is 0.00455. The van der Waals surface area contributed by atoms with Crippen LogP contribution in [0.25, 0.3) is 22.6 Å². The molecule has 166 valence electrons. The van der Waals surface area contributed by atoms with Crippen molar-refractivity contribution in [3.8, 4) is 11.5 Å². The Balaban J connectivity index is 1.69. The molecular weight excluding hydrogens is 427 g/mol. The summed E-state index contributed by atoms with van der Waals surface area (Å²) in [4.78, 5) is 37.7. The lowest BCUT2D eigenvalue weighted by molar-refractivity contribution is -0.121. The van der Waals surface area contributed by atoms with E-state index < -0.39 is 23.6 Å². The Hall–Kier alpha value is -3.57. The molecule has 0 radical (unpaired) electrons. The Bertz CT molecular complexity index is 1300. The lowest BCUT2D eigenvalue weighted by atomic mass is 9.81. The molecule has 0 unspecified atom stereocenters. The molecule has 0 bridgehead atoms. The maximum absolute atomic E-state index is 14.0. The molecule has 0 fully saturated rings. The zero-order valence-electron chi connectivity index (χ0n) is 17.2. The molecule has 0 aromatic carbocycles. The van der Waals surface area contributed by atoms with Crippen LogP contribution in [0, 0.1) is 5.82 Å². The summed E-state index contributed by atoms with van der Waals surface area (Å²) in [7, 11) is 0. The second kappa shape index (κ2) is 6.71. The molecule has 3 aromatic heterocycles. The molecule has 5 heterocycles. The van der Waals surface area contributed by atoms with Gasteiger partial charge in [-0.25, -0.2) is 32.8 Å². The summed E-state index contributed by atoms with van der Waals surface area (Å²) in [5, 5.41) is 9.96. The summed E-state index contributed by atoms with van der Waals surface area (Å²) >= 11 is 0. The molecule has 0 aliphatic carbocycles. The number of amides is 2. The third kappa shape index (κ3) is 3.17. The average Bonchev–Trinajstić information content (AvgIpc) is 3.14. The number of anilines is 2. The Morgan fingerprint density at radius 3 is 2.66 bits per heavy atom. The molecule has 9 nitrogen and oxygen atoms in total.